The van der Waals surface area contributed by atoms with Crippen LogP contribution in [-0.2, 0) is 6.54 Å². The number of halogens is 2. The minimum Gasteiger partial charge on any atom is -0.361 e. The summed E-state index contributed by atoms with van der Waals surface area (Å²) in [5.41, 5.74) is 2.29. The highest BCUT2D eigenvalue weighted by Crippen LogP contribution is 2.14. The van der Waals surface area contributed by atoms with Crippen LogP contribution in [0.25, 0.3) is 0 Å². The van der Waals surface area contributed by atoms with E-state index < -0.39 is 0 Å². The second-order valence-corrected chi connectivity index (χ2v) is 3.83. The summed E-state index contributed by atoms with van der Waals surface area (Å²) in [5.74, 6) is 0.959. The van der Waals surface area contributed by atoms with Gasteiger partial charge >= 0.3 is 0 Å². The zero-order chi connectivity index (χ0) is 9.97. The van der Waals surface area contributed by atoms with E-state index in [-0.39, 0.29) is 24.8 Å². The van der Waals surface area contributed by atoms with Gasteiger partial charge in [0.1, 0.15) is 5.76 Å². The molecule has 1 saturated heterocycles. The van der Waals surface area contributed by atoms with E-state index in [4.69, 9.17) is 4.52 Å². The molecule has 1 aromatic rings. The van der Waals surface area contributed by atoms with Crippen molar-refractivity contribution in [2.45, 2.75) is 20.4 Å². The highest BCUT2D eigenvalue weighted by Gasteiger charge is 2.15. The maximum atomic E-state index is 5.14. The normalized spacial score (nSPS) is 16.4. The van der Waals surface area contributed by atoms with E-state index in [0.29, 0.717) is 0 Å². The lowest BCUT2D eigenvalue weighted by molar-refractivity contribution is 0.231. The van der Waals surface area contributed by atoms with E-state index in [1.807, 2.05) is 13.8 Å². The Kier molecular flexibility index (Phi) is 6.99. The summed E-state index contributed by atoms with van der Waals surface area (Å²) in [5, 5.41) is 7.31. The molecule has 1 aliphatic rings. The van der Waals surface area contributed by atoms with Crippen molar-refractivity contribution < 1.29 is 4.52 Å². The Morgan fingerprint density at radius 2 is 1.88 bits per heavy atom. The van der Waals surface area contributed by atoms with Crippen LogP contribution in [0.4, 0.5) is 0 Å². The van der Waals surface area contributed by atoms with Gasteiger partial charge in [-0.25, -0.2) is 0 Å². The number of nitrogens with one attached hydrogen (secondary N) is 1. The SMILES string of the molecule is Cc1noc(C)c1CN1CCNCC1.Cl.Cl. The van der Waals surface area contributed by atoms with Crippen molar-refractivity contribution >= 4 is 24.8 Å². The van der Waals surface area contributed by atoms with Crippen LogP contribution < -0.4 is 5.32 Å². The van der Waals surface area contributed by atoms with Gasteiger partial charge < -0.3 is 9.84 Å². The number of aryl methyl sites for hydroxylation is 2. The van der Waals surface area contributed by atoms with Crippen LogP contribution in [0.1, 0.15) is 17.0 Å². The van der Waals surface area contributed by atoms with E-state index >= 15 is 0 Å². The van der Waals surface area contributed by atoms with Crippen LogP contribution in [0, 0.1) is 13.8 Å². The fraction of sp³-hybridized carbons (Fsp3) is 0.700. The average molecular weight is 268 g/mol. The molecule has 0 unspecified atom stereocenters. The number of aromatic nitrogens is 1. The van der Waals surface area contributed by atoms with Gasteiger partial charge in [0.25, 0.3) is 0 Å². The molecule has 0 aliphatic carbocycles. The van der Waals surface area contributed by atoms with Crippen LogP contribution in [-0.4, -0.2) is 36.2 Å². The molecular formula is C10H19Cl2N3O. The standard InChI is InChI=1S/C10H17N3O.2ClH/c1-8-10(9(2)14-12-8)7-13-5-3-11-4-6-13;;/h11H,3-7H2,1-2H3;2*1H. The van der Waals surface area contributed by atoms with Gasteiger partial charge in [0.05, 0.1) is 5.69 Å². The van der Waals surface area contributed by atoms with E-state index in [2.05, 4.69) is 15.4 Å². The molecule has 4 nitrogen and oxygen atoms in total. The Labute approximate surface area is 109 Å². The van der Waals surface area contributed by atoms with Crippen LogP contribution in [0.3, 0.4) is 0 Å². The monoisotopic (exact) mass is 267 g/mol. The molecular weight excluding hydrogens is 249 g/mol. The van der Waals surface area contributed by atoms with Gasteiger partial charge in [-0.3, -0.25) is 4.90 Å². The van der Waals surface area contributed by atoms with E-state index in [9.17, 15) is 0 Å². The molecule has 1 aromatic heterocycles. The third-order valence-electron chi connectivity index (χ3n) is 2.77. The topological polar surface area (TPSA) is 41.3 Å². The molecule has 0 radical (unpaired) electrons. The molecule has 0 atom stereocenters. The predicted octanol–water partition coefficient (Wildman–Crippen LogP) is 1.54. The van der Waals surface area contributed by atoms with Crippen LogP contribution >= 0.6 is 24.8 Å². The highest BCUT2D eigenvalue weighted by molar-refractivity contribution is 5.85. The molecule has 2 heterocycles. The number of piperazine rings is 1. The summed E-state index contributed by atoms with van der Waals surface area (Å²) in [6.07, 6.45) is 0. The maximum Gasteiger partial charge on any atom is 0.138 e. The smallest absolute Gasteiger partial charge is 0.138 e. The Morgan fingerprint density at radius 3 is 2.38 bits per heavy atom. The summed E-state index contributed by atoms with van der Waals surface area (Å²) in [6, 6.07) is 0. The van der Waals surface area contributed by atoms with Gasteiger partial charge in [0.2, 0.25) is 0 Å². The highest BCUT2D eigenvalue weighted by atomic mass is 35.5. The second kappa shape index (κ2) is 7.12. The molecule has 6 heteroatoms. The fourth-order valence-corrected chi connectivity index (χ4v) is 1.82. The van der Waals surface area contributed by atoms with E-state index in [0.717, 1.165) is 44.2 Å². The third-order valence-corrected chi connectivity index (χ3v) is 2.77. The predicted molar refractivity (Wildman–Crippen MR) is 68.6 cm³/mol. The second-order valence-electron chi connectivity index (χ2n) is 3.83. The lowest BCUT2D eigenvalue weighted by atomic mass is 10.2. The number of rotatable bonds is 2. The fourth-order valence-electron chi connectivity index (χ4n) is 1.82. The van der Waals surface area contributed by atoms with Crippen molar-refractivity contribution in [2.24, 2.45) is 0 Å². The van der Waals surface area contributed by atoms with Gasteiger partial charge in [-0.2, -0.15) is 0 Å². The number of hydrogen-bond donors (Lipinski definition) is 1. The first kappa shape index (κ1) is 15.7. The Morgan fingerprint density at radius 1 is 1.25 bits per heavy atom. The van der Waals surface area contributed by atoms with Gasteiger partial charge in [0.15, 0.2) is 0 Å². The van der Waals surface area contributed by atoms with Crippen LogP contribution in [0.15, 0.2) is 4.52 Å². The van der Waals surface area contributed by atoms with Crippen LogP contribution in [0.5, 0.6) is 0 Å². The first-order chi connectivity index (χ1) is 6.77. The third kappa shape index (κ3) is 3.63. The molecule has 1 aliphatic heterocycles. The number of hydrogen-bond acceptors (Lipinski definition) is 4. The molecule has 0 aromatic carbocycles. The first-order valence-corrected chi connectivity index (χ1v) is 5.12. The summed E-state index contributed by atoms with van der Waals surface area (Å²) < 4.78 is 5.14. The van der Waals surface area contributed by atoms with Crippen molar-refractivity contribution in [1.82, 2.24) is 15.4 Å². The van der Waals surface area contributed by atoms with Crippen molar-refractivity contribution in [2.75, 3.05) is 26.2 Å². The quantitative estimate of drug-likeness (QED) is 0.883. The zero-order valence-electron chi connectivity index (χ0n) is 9.65. The minimum absolute atomic E-state index is 0. The molecule has 16 heavy (non-hydrogen) atoms. The summed E-state index contributed by atoms with van der Waals surface area (Å²) in [7, 11) is 0. The van der Waals surface area contributed by atoms with Crippen LogP contribution in [0.2, 0.25) is 0 Å². The molecule has 94 valence electrons. The lowest BCUT2D eigenvalue weighted by Crippen LogP contribution is -2.43. The molecule has 1 fully saturated rings. The van der Waals surface area contributed by atoms with Crippen molar-refractivity contribution in [3.05, 3.63) is 17.0 Å². The summed E-state index contributed by atoms with van der Waals surface area (Å²) in [6.45, 7) is 9.37. The van der Waals surface area contributed by atoms with Gasteiger partial charge in [0, 0.05) is 38.3 Å². The molecule has 0 saturated carbocycles. The van der Waals surface area contributed by atoms with E-state index in [1.54, 1.807) is 0 Å². The Balaban J connectivity index is 0.00000112. The molecule has 2 rings (SSSR count). The van der Waals surface area contributed by atoms with Crippen molar-refractivity contribution in [3.8, 4) is 0 Å². The Bertz CT molecular complexity index is 292. The molecule has 1 N–H and O–H groups in total. The summed E-state index contributed by atoms with van der Waals surface area (Å²) in [4.78, 5) is 2.43. The first-order valence-electron chi connectivity index (χ1n) is 5.12. The minimum atomic E-state index is 0. The zero-order valence-corrected chi connectivity index (χ0v) is 11.3. The summed E-state index contributed by atoms with van der Waals surface area (Å²) >= 11 is 0. The largest absolute Gasteiger partial charge is 0.361 e. The van der Waals surface area contributed by atoms with Gasteiger partial charge in [-0.15, -0.1) is 24.8 Å². The van der Waals surface area contributed by atoms with Gasteiger partial charge in [-0.1, -0.05) is 5.16 Å². The average Bonchev–Trinajstić information content (AvgIpc) is 2.51. The Hall–Kier alpha value is -0.290. The van der Waals surface area contributed by atoms with Gasteiger partial charge in [-0.05, 0) is 13.8 Å². The maximum absolute atomic E-state index is 5.14. The van der Waals surface area contributed by atoms with E-state index in [1.165, 1.54) is 5.56 Å². The molecule has 0 bridgehead atoms. The molecule has 0 spiro atoms. The number of nitrogens with zero attached hydrogens (tertiary/aromatic N) is 2. The molecule has 0 amide bonds. The lowest BCUT2D eigenvalue weighted by Gasteiger charge is -2.26. The van der Waals surface area contributed by atoms with Crippen molar-refractivity contribution in [1.29, 1.82) is 0 Å². The van der Waals surface area contributed by atoms with Crippen molar-refractivity contribution in [3.63, 3.8) is 0 Å².